The third kappa shape index (κ3) is 3.16. The van der Waals surface area contributed by atoms with Gasteiger partial charge in [-0.3, -0.25) is 0 Å². The van der Waals surface area contributed by atoms with Crippen LogP contribution in [0.4, 0.5) is 0 Å². The predicted octanol–water partition coefficient (Wildman–Crippen LogP) is 4.29. The van der Waals surface area contributed by atoms with Crippen LogP contribution in [-0.2, 0) is 11.8 Å². The van der Waals surface area contributed by atoms with Gasteiger partial charge in [0.1, 0.15) is 23.0 Å². The molecule has 3 rings (SSSR count). The maximum absolute atomic E-state index is 10.4. The molecule has 1 aliphatic rings. The molecule has 0 radical (unpaired) electrons. The van der Waals surface area contributed by atoms with Gasteiger partial charge in [0.05, 0.1) is 13.7 Å². The fourth-order valence-corrected chi connectivity index (χ4v) is 3.29. The van der Waals surface area contributed by atoms with Gasteiger partial charge in [-0.05, 0) is 24.1 Å². The molecule has 0 bridgehead atoms. The summed E-state index contributed by atoms with van der Waals surface area (Å²) in [7, 11) is 1.60. The molecule has 0 amide bonds. The first-order valence-electron chi connectivity index (χ1n) is 8.35. The molecule has 0 fully saturated rings. The molecule has 2 N–H and O–H groups in total. The molecule has 1 heterocycles. The molecular weight excluding hydrogens is 316 g/mol. The Labute approximate surface area is 148 Å². The van der Waals surface area contributed by atoms with Gasteiger partial charge >= 0.3 is 0 Å². The molecule has 4 heteroatoms. The number of ether oxygens (including phenoxy) is 2. The highest BCUT2D eigenvalue weighted by Gasteiger charge is 2.28. The molecule has 25 heavy (non-hydrogen) atoms. The number of phenols is 2. The molecule has 1 atom stereocenters. The largest absolute Gasteiger partial charge is 0.508 e. The second-order valence-electron chi connectivity index (χ2n) is 7.04. The van der Waals surface area contributed by atoms with E-state index in [1.165, 1.54) is 0 Å². The van der Waals surface area contributed by atoms with E-state index >= 15 is 0 Å². The molecule has 0 saturated heterocycles. The fourth-order valence-electron chi connectivity index (χ4n) is 3.29. The predicted molar refractivity (Wildman–Crippen MR) is 97.9 cm³/mol. The topological polar surface area (TPSA) is 58.9 Å². The first-order chi connectivity index (χ1) is 11.9. The van der Waals surface area contributed by atoms with E-state index in [1.54, 1.807) is 25.3 Å². The lowest BCUT2D eigenvalue weighted by Crippen LogP contribution is -2.21. The summed E-state index contributed by atoms with van der Waals surface area (Å²) in [6.45, 7) is 8.41. The van der Waals surface area contributed by atoms with Gasteiger partial charge in [0.25, 0.3) is 0 Å². The highest BCUT2D eigenvalue weighted by Crippen LogP contribution is 2.42. The first kappa shape index (κ1) is 17.2. The summed E-state index contributed by atoms with van der Waals surface area (Å²) in [5.41, 5.74) is 2.56. The van der Waals surface area contributed by atoms with E-state index in [9.17, 15) is 10.2 Å². The quantitative estimate of drug-likeness (QED) is 0.815. The highest BCUT2D eigenvalue weighted by atomic mass is 16.5. The van der Waals surface area contributed by atoms with Gasteiger partial charge in [-0.25, -0.2) is 0 Å². The summed E-state index contributed by atoms with van der Waals surface area (Å²) in [5.74, 6) is 1.90. The number of rotatable bonds is 4. The lowest BCUT2D eigenvalue weighted by molar-refractivity contribution is 0.257. The molecule has 0 aliphatic carbocycles. The van der Waals surface area contributed by atoms with Gasteiger partial charge in [-0.2, -0.15) is 0 Å². The summed E-state index contributed by atoms with van der Waals surface area (Å²) in [4.78, 5) is 0. The van der Waals surface area contributed by atoms with Crippen LogP contribution in [0.5, 0.6) is 23.0 Å². The van der Waals surface area contributed by atoms with Crippen molar-refractivity contribution in [2.45, 2.75) is 31.6 Å². The number of aromatic hydroxyl groups is 2. The Hall–Kier alpha value is -2.62. The van der Waals surface area contributed by atoms with Crippen LogP contribution in [0.3, 0.4) is 0 Å². The maximum atomic E-state index is 10.4. The summed E-state index contributed by atoms with van der Waals surface area (Å²) in [6, 6.07) is 8.86. The Kier molecular flexibility index (Phi) is 4.38. The summed E-state index contributed by atoms with van der Waals surface area (Å²) < 4.78 is 11.3. The van der Waals surface area contributed by atoms with Crippen LogP contribution in [0.1, 0.15) is 36.5 Å². The van der Waals surface area contributed by atoms with Crippen molar-refractivity contribution in [1.82, 2.24) is 0 Å². The van der Waals surface area contributed by atoms with Gasteiger partial charge in [0, 0.05) is 34.6 Å². The number of hydrogen-bond donors (Lipinski definition) is 2. The van der Waals surface area contributed by atoms with E-state index in [2.05, 4.69) is 6.58 Å². The van der Waals surface area contributed by atoms with Crippen molar-refractivity contribution < 1.29 is 19.7 Å². The van der Waals surface area contributed by atoms with Crippen molar-refractivity contribution in [2.24, 2.45) is 0 Å². The number of benzene rings is 2. The van der Waals surface area contributed by atoms with Crippen LogP contribution in [0.15, 0.2) is 43.0 Å². The number of phenolic OH excluding ortho intramolecular Hbond substituents is 2. The molecule has 2 aromatic carbocycles. The van der Waals surface area contributed by atoms with Crippen LogP contribution < -0.4 is 9.47 Å². The van der Waals surface area contributed by atoms with Crippen molar-refractivity contribution in [3.05, 3.63) is 59.7 Å². The van der Waals surface area contributed by atoms with E-state index in [0.29, 0.717) is 12.4 Å². The third-order valence-electron chi connectivity index (χ3n) is 4.95. The number of fused-ring (bicyclic) bond motifs is 1. The third-order valence-corrected chi connectivity index (χ3v) is 4.95. The van der Waals surface area contributed by atoms with Crippen molar-refractivity contribution in [3.63, 3.8) is 0 Å². The zero-order chi connectivity index (χ0) is 18.2. The molecule has 0 unspecified atom stereocenters. The second-order valence-corrected chi connectivity index (χ2v) is 7.04. The van der Waals surface area contributed by atoms with Crippen LogP contribution in [0, 0.1) is 0 Å². The normalized spacial score (nSPS) is 16.7. The molecule has 1 aliphatic heterocycles. The van der Waals surface area contributed by atoms with Crippen LogP contribution >= 0.6 is 0 Å². The van der Waals surface area contributed by atoms with Gasteiger partial charge in [-0.1, -0.05) is 26.0 Å². The van der Waals surface area contributed by atoms with Crippen molar-refractivity contribution in [2.75, 3.05) is 13.7 Å². The number of methoxy groups -OCH3 is 1. The minimum Gasteiger partial charge on any atom is -0.508 e. The van der Waals surface area contributed by atoms with Crippen LogP contribution in [-0.4, -0.2) is 23.9 Å². The van der Waals surface area contributed by atoms with Crippen LogP contribution in [0.2, 0.25) is 0 Å². The monoisotopic (exact) mass is 340 g/mol. The summed E-state index contributed by atoms with van der Waals surface area (Å²) >= 11 is 0. The van der Waals surface area contributed by atoms with Crippen molar-refractivity contribution in [1.29, 1.82) is 0 Å². The molecule has 132 valence electrons. The van der Waals surface area contributed by atoms with Gasteiger partial charge < -0.3 is 19.7 Å². The van der Waals surface area contributed by atoms with Gasteiger partial charge in [0.2, 0.25) is 0 Å². The minimum absolute atomic E-state index is 0.118. The Morgan fingerprint density at radius 2 is 2.00 bits per heavy atom. The van der Waals surface area contributed by atoms with E-state index in [4.69, 9.17) is 9.47 Å². The minimum atomic E-state index is -0.331. The molecule has 2 aromatic rings. The summed E-state index contributed by atoms with van der Waals surface area (Å²) in [5, 5.41) is 20.0. The second kappa shape index (κ2) is 6.36. The SMILES string of the molecule is C=CC(C)(C)c1cc2c(cc1O)OC[C@@H](c1ccc(O)cc1OC)C2. The van der Waals surface area contributed by atoms with E-state index < -0.39 is 0 Å². The highest BCUT2D eigenvalue weighted by molar-refractivity contribution is 5.52. The van der Waals surface area contributed by atoms with Crippen molar-refractivity contribution >= 4 is 0 Å². The first-order valence-corrected chi connectivity index (χ1v) is 8.35. The Balaban J connectivity index is 1.98. The Morgan fingerprint density at radius 3 is 2.68 bits per heavy atom. The zero-order valence-corrected chi connectivity index (χ0v) is 14.9. The Morgan fingerprint density at radius 1 is 1.24 bits per heavy atom. The van der Waals surface area contributed by atoms with Gasteiger partial charge in [0.15, 0.2) is 0 Å². The maximum Gasteiger partial charge on any atom is 0.126 e. The fraction of sp³-hybridized carbons (Fsp3) is 0.333. The molecule has 4 nitrogen and oxygen atoms in total. The molecule has 0 saturated carbocycles. The molecule has 0 spiro atoms. The van der Waals surface area contributed by atoms with Gasteiger partial charge in [-0.15, -0.1) is 6.58 Å². The smallest absolute Gasteiger partial charge is 0.126 e. The number of allylic oxidation sites excluding steroid dienone is 1. The zero-order valence-electron chi connectivity index (χ0n) is 14.9. The lowest BCUT2D eigenvalue weighted by atomic mass is 9.81. The van der Waals surface area contributed by atoms with E-state index in [-0.39, 0.29) is 22.8 Å². The Bertz CT molecular complexity index is 808. The van der Waals surface area contributed by atoms with Crippen molar-refractivity contribution in [3.8, 4) is 23.0 Å². The molecule has 0 aromatic heterocycles. The number of hydrogen-bond acceptors (Lipinski definition) is 4. The van der Waals surface area contributed by atoms with Crippen LogP contribution in [0.25, 0.3) is 0 Å². The summed E-state index contributed by atoms with van der Waals surface area (Å²) in [6.07, 6.45) is 2.61. The van der Waals surface area contributed by atoms with E-state index in [0.717, 1.165) is 28.9 Å². The average Bonchev–Trinajstić information content (AvgIpc) is 2.60. The molecular formula is C21H24O4. The average molecular weight is 340 g/mol. The standard InChI is InChI=1S/C21H24O4/c1-5-21(2,3)17-9-13-8-14(12-25-19(13)11-18(17)23)16-7-6-15(22)10-20(16)24-4/h5-7,9-11,14,22-23H,1,8,12H2,2-4H3/t14-/m0/s1. The lowest BCUT2D eigenvalue weighted by Gasteiger charge is -2.29. The van der Waals surface area contributed by atoms with E-state index in [1.807, 2.05) is 32.1 Å².